The van der Waals surface area contributed by atoms with Crippen LogP contribution in [0.5, 0.6) is 0 Å². The quantitative estimate of drug-likeness (QED) is 0.580. The Morgan fingerprint density at radius 1 is 1.50 bits per heavy atom. The molecule has 0 amide bonds. The molecule has 0 saturated carbocycles. The molecular formula is C7H6Cl3NO. The van der Waals surface area contributed by atoms with E-state index in [4.69, 9.17) is 34.8 Å². The van der Waals surface area contributed by atoms with Crippen molar-refractivity contribution in [1.29, 1.82) is 0 Å². The molecule has 0 radical (unpaired) electrons. The second-order valence-electron chi connectivity index (χ2n) is 2.36. The van der Waals surface area contributed by atoms with E-state index in [2.05, 4.69) is 4.98 Å². The van der Waals surface area contributed by atoms with Crippen LogP contribution < -0.4 is 0 Å². The molecule has 1 aromatic rings. The number of nitrogens with one attached hydrogen (secondary N) is 1. The minimum Gasteiger partial charge on any atom is -0.358 e. The zero-order valence-electron chi connectivity index (χ0n) is 6.20. The average Bonchev–Trinajstić information content (AvgIpc) is 2.31. The zero-order chi connectivity index (χ0) is 9.35. The molecule has 0 aromatic carbocycles. The Kier molecular flexibility index (Phi) is 2.71. The van der Waals surface area contributed by atoms with E-state index in [-0.39, 0.29) is 0 Å². The lowest BCUT2D eigenvalue weighted by Crippen LogP contribution is -2.20. The number of carbonyl (C=O) groups is 1. The maximum Gasteiger partial charge on any atom is 0.255 e. The van der Waals surface area contributed by atoms with Gasteiger partial charge in [-0.05, 0) is 18.6 Å². The third kappa shape index (κ3) is 1.94. The lowest BCUT2D eigenvalue weighted by molar-refractivity contribution is 0.0991. The first-order valence-electron chi connectivity index (χ1n) is 3.18. The van der Waals surface area contributed by atoms with Gasteiger partial charge in [0, 0.05) is 6.20 Å². The van der Waals surface area contributed by atoms with E-state index < -0.39 is 9.58 Å². The summed E-state index contributed by atoms with van der Waals surface area (Å²) in [6.07, 6.45) is 1.62. The number of aromatic amines is 1. The molecule has 0 atom stereocenters. The number of alkyl halides is 3. The number of halogens is 3. The van der Waals surface area contributed by atoms with Crippen molar-refractivity contribution in [1.82, 2.24) is 4.98 Å². The lowest BCUT2D eigenvalue weighted by Gasteiger charge is -2.07. The number of aryl methyl sites for hydroxylation is 1. The molecule has 0 aliphatic heterocycles. The average molecular weight is 226 g/mol. The van der Waals surface area contributed by atoms with Crippen LogP contribution in [0.2, 0.25) is 0 Å². The molecule has 0 unspecified atom stereocenters. The van der Waals surface area contributed by atoms with Crippen LogP contribution in [-0.2, 0) is 0 Å². The van der Waals surface area contributed by atoms with E-state index in [0.717, 1.165) is 5.56 Å². The molecule has 1 aromatic heterocycles. The molecule has 2 nitrogen and oxygen atoms in total. The van der Waals surface area contributed by atoms with Gasteiger partial charge in [0.25, 0.3) is 3.79 Å². The normalized spacial score (nSPS) is 11.7. The molecule has 0 aliphatic rings. The zero-order valence-corrected chi connectivity index (χ0v) is 8.46. The highest BCUT2D eigenvalue weighted by molar-refractivity contribution is 6.77. The lowest BCUT2D eigenvalue weighted by atomic mass is 10.2. The largest absolute Gasteiger partial charge is 0.358 e. The van der Waals surface area contributed by atoms with Crippen LogP contribution in [0.4, 0.5) is 0 Å². The first-order chi connectivity index (χ1) is 5.43. The summed E-state index contributed by atoms with van der Waals surface area (Å²) in [4.78, 5) is 14.0. The van der Waals surface area contributed by atoms with Gasteiger partial charge in [-0.15, -0.1) is 0 Å². The number of Topliss-reactive ketones (excluding diaryl/α,β-unsaturated/α-hetero) is 1. The summed E-state index contributed by atoms with van der Waals surface area (Å²) in [5, 5.41) is 0. The highest BCUT2D eigenvalue weighted by atomic mass is 35.6. The first kappa shape index (κ1) is 9.90. The maximum absolute atomic E-state index is 11.3. The second-order valence-corrected chi connectivity index (χ2v) is 4.64. The number of H-pyrrole nitrogens is 1. The minimum atomic E-state index is -1.88. The molecule has 0 aliphatic carbocycles. The first-order valence-corrected chi connectivity index (χ1v) is 4.32. The molecule has 0 bridgehead atoms. The van der Waals surface area contributed by atoms with E-state index in [1.54, 1.807) is 19.2 Å². The Morgan fingerprint density at radius 3 is 2.42 bits per heavy atom. The van der Waals surface area contributed by atoms with E-state index in [1.807, 2.05) is 0 Å². The number of rotatable bonds is 1. The Morgan fingerprint density at radius 2 is 2.08 bits per heavy atom. The number of hydrogen-bond acceptors (Lipinski definition) is 1. The van der Waals surface area contributed by atoms with Gasteiger partial charge >= 0.3 is 0 Å². The summed E-state index contributed by atoms with van der Waals surface area (Å²) in [5.41, 5.74) is 1.11. The fourth-order valence-electron chi connectivity index (χ4n) is 0.834. The summed E-state index contributed by atoms with van der Waals surface area (Å²) >= 11 is 16.2. The van der Waals surface area contributed by atoms with Crippen molar-refractivity contribution in [3.05, 3.63) is 23.5 Å². The predicted octanol–water partition coefficient (Wildman–Crippen LogP) is 2.88. The van der Waals surface area contributed by atoms with Gasteiger partial charge < -0.3 is 4.98 Å². The van der Waals surface area contributed by atoms with Crippen LogP contribution in [0.1, 0.15) is 16.1 Å². The third-order valence-corrected chi connectivity index (χ3v) is 1.95. The molecule has 1 heterocycles. The Balaban J connectivity index is 3.01. The summed E-state index contributed by atoms with van der Waals surface area (Å²) in [6.45, 7) is 1.76. The molecule has 0 fully saturated rings. The Hall–Kier alpha value is -0.180. The van der Waals surface area contributed by atoms with Crippen molar-refractivity contribution in [3.8, 4) is 0 Å². The van der Waals surface area contributed by atoms with Crippen LogP contribution in [-0.4, -0.2) is 14.6 Å². The summed E-state index contributed by atoms with van der Waals surface area (Å²) < 4.78 is -1.88. The second kappa shape index (κ2) is 3.29. The molecular weight excluding hydrogens is 220 g/mol. The highest BCUT2D eigenvalue weighted by Crippen LogP contribution is 2.30. The van der Waals surface area contributed by atoms with E-state index in [1.165, 1.54) is 0 Å². The van der Waals surface area contributed by atoms with Crippen LogP contribution in [0, 0.1) is 6.92 Å². The summed E-state index contributed by atoms with van der Waals surface area (Å²) in [5.74, 6) is -0.532. The van der Waals surface area contributed by atoms with Crippen LogP contribution in [0.25, 0.3) is 0 Å². The van der Waals surface area contributed by atoms with Gasteiger partial charge in [-0.1, -0.05) is 34.8 Å². The van der Waals surface area contributed by atoms with Gasteiger partial charge in [0.15, 0.2) is 0 Å². The van der Waals surface area contributed by atoms with Gasteiger partial charge in [0.2, 0.25) is 5.78 Å². The maximum atomic E-state index is 11.3. The topological polar surface area (TPSA) is 32.9 Å². The molecule has 0 spiro atoms. The molecule has 1 N–H and O–H groups in total. The number of ketones is 1. The van der Waals surface area contributed by atoms with Crippen molar-refractivity contribution in [2.75, 3.05) is 0 Å². The Labute approximate surface area is 84.8 Å². The van der Waals surface area contributed by atoms with E-state index in [9.17, 15) is 4.79 Å². The van der Waals surface area contributed by atoms with Gasteiger partial charge in [-0.3, -0.25) is 4.79 Å². The van der Waals surface area contributed by atoms with Gasteiger partial charge in [0.1, 0.15) is 0 Å². The van der Waals surface area contributed by atoms with Gasteiger partial charge in [0.05, 0.1) is 5.69 Å². The molecule has 5 heteroatoms. The smallest absolute Gasteiger partial charge is 0.255 e. The minimum absolute atomic E-state index is 0.343. The van der Waals surface area contributed by atoms with Crippen molar-refractivity contribution in [2.45, 2.75) is 10.7 Å². The molecule has 1 rings (SSSR count). The fraction of sp³-hybridized carbons (Fsp3) is 0.286. The predicted molar refractivity (Wildman–Crippen MR) is 50.2 cm³/mol. The van der Waals surface area contributed by atoms with E-state index >= 15 is 0 Å². The fourth-order valence-corrected chi connectivity index (χ4v) is 1.12. The SMILES string of the molecule is Cc1cc[nH]c1C(=O)C(Cl)(Cl)Cl. The molecule has 12 heavy (non-hydrogen) atoms. The van der Waals surface area contributed by atoms with Gasteiger partial charge in [-0.25, -0.2) is 0 Å². The molecule has 66 valence electrons. The van der Waals surface area contributed by atoms with Crippen LogP contribution in [0.15, 0.2) is 12.3 Å². The highest BCUT2D eigenvalue weighted by Gasteiger charge is 2.33. The number of aromatic nitrogens is 1. The van der Waals surface area contributed by atoms with Gasteiger partial charge in [-0.2, -0.15) is 0 Å². The van der Waals surface area contributed by atoms with Crippen LogP contribution in [0.3, 0.4) is 0 Å². The third-order valence-electron chi connectivity index (χ3n) is 1.44. The monoisotopic (exact) mass is 225 g/mol. The Bertz CT molecular complexity index is 300. The number of hydrogen-bond donors (Lipinski definition) is 1. The summed E-state index contributed by atoms with van der Waals surface area (Å²) in [7, 11) is 0. The van der Waals surface area contributed by atoms with Crippen molar-refractivity contribution in [3.63, 3.8) is 0 Å². The van der Waals surface area contributed by atoms with E-state index in [0.29, 0.717) is 5.69 Å². The van der Waals surface area contributed by atoms with Crippen molar-refractivity contribution < 1.29 is 4.79 Å². The number of carbonyl (C=O) groups excluding carboxylic acids is 1. The molecule has 0 saturated heterocycles. The van der Waals surface area contributed by atoms with Crippen LogP contribution >= 0.6 is 34.8 Å². The van der Waals surface area contributed by atoms with Crippen molar-refractivity contribution in [2.24, 2.45) is 0 Å². The standard InChI is InChI=1S/C7H6Cl3NO/c1-4-2-3-11-5(4)6(12)7(8,9)10/h2-3,11H,1H3. The van der Waals surface area contributed by atoms with Crippen molar-refractivity contribution >= 4 is 40.6 Å². The summed E-state index contributed by atoms with van der Waals surface area (Å²) in [6, 6.07) is 1.74.